The molecule has 1 aromatic heterocycles. The highest BCUT2D eigenvalue weighted by Gasteiger charge is 2.12. The van der Waals surface area contributed by atoms with Gasteiger partial charge >= 0.3 is 0 Å². The van der Waals surface area contributed by atoms with Gasteiger partial charge in [0.2, 0.25) is 0 Å². The minimum atomic E-state index is 0.327. The summed E-state index contributed by atoms with van der Waals surface area (Å²) in [4.78, 5) is 8.75. The van der Waals surface area contributed by atoms with Gasteiger partial charge in [-0.1, -0.05) is 46.0 Å². The molecule has 1 rings (SSSR count). The second-order valence-electron chi connectivity index (χ2n) is 4.82. The molecule has 3 heteroatoms. The fourth-order valence-corrected chi connectivity index (χ4v) is 2.08. The summed E-state index contributed by atoms with van der Waals surface area (Å²) in [5, 5.41) is 3.55. The third kappa shape index (κ3) is 6.10. The molecule has 18 heavy (non-hydrogen) atoms. The van der Waals surface area contributed by atoms with Crippen molar-refractivity contribution in [3.8, 4) is 0 Å². The van der Waals surface area contributed by atoms with Crippen molar-refractivity contribution in [2.45, 2.75) is 64.8 Å². The largest absolute Gasteiger partial charge is 0.307 e. The quantitative estimate of drug-likeness (QED) is 0.639. The van der Waals surface area contributed by atoms with Gasteiger partial charge in [-0.25, -0.2) is 9.97 Å². The van der Waals surface area contributed by atoms with E-state index in [2.05, 4.69) is 29.1 Å². The summed E-state index contributed by atoms with van der Waals surface area (Å²) < 4.78 is 0. The van der Waals surface area contributed by atoms with E-state index in [1.54, 1.807) is 0 Å². The zero-order valence-electron chi connectivity index (χ0n) is 11.9. The highest BCUT2D eigenvalue weighted by atomic mass is 15.0. The minimum Gasteiger partial charge on any atom is -0.307 e. The van der Waals surface area contributed by atoms with E-state index in [1.165, 1.54) is 32.1 Å². The molecule has 102 valence electrons. The standard InChI is InChI=1S/C15H27N3/c1-3-5-6-7-8-10-14(16-11-4-2)15-17-12-9-13-18-15/h9,12-14,16H,3-8,10-11H2,1-2H3. The van der Waals surface area contributed by atoms with Crippen molar-refractivity contribution in [1.29, 1.82) is 0 Å². The first kappa shape index (κ1) is 15.1. The summed E-state index contributed by atoms with van der Waals surface area (Å²) in [5.74, 6) is 0.946. The smallest absolute Gasteiger partial charge is 0.145 e. The average Bonchev–Trinajstić information content (AvgIpc) is 2.43. The van der Waals surface area contributed by atoms with Gasteiger partial charge in [-0.15, -0.1) is 0 Å². The highest BCUT2D eigenvalue weighted by molar-refractivity contribution is 4.95. The normalized spacial score (nSPS) is 12.6. The molecule has 1 aromatic rings. The third-order valence-corrected chi connectivity index (χ3v) is 3.13. The lowest BCUT2D eigenvalue weighted by atomic mass is 10.1. The molecule has 3 nitrogen and oxygen atoms in total. The zero-order valence-corrected chi connectivity index (χ0v) is 11.9. The van der Waals surface area contributed by atoms with Crippen molar-refractivity contribution < 1.29 is 0 Å². The molecule has 0 spiro atoms. The van der Waals surface area contributed by atoms with Crippen LogP contribution in [0.4, 0.5) is 0 Å². The van der Waals surface area contributed by atoms with Crippen LogP contribution in [0.25, 0.3) is 0 Å². The molecule has 0 fully saturated rings. The maximum absolute atomic E-state index is 4.37. The molecule has 1 unspecified atom stereocenters. The Morgan fingerprint density at radius 1 is 1.00 bits per heavy atom. The fraction of sp³-hybridized carbons (Fsp3) is 0.733. The minimum absolute atomic E-state index is 0.327. The van der Waals surface area contributed by atoms with E-state index in [0.29, 0.717) is 6.04 Å². The topological polar surface area (TPSA) is 37.8 Å². The van der Waals surface area contributed by atoms with Gasteiger partial charge in [-0.3, -0.25) is 0 Å². The van der Waals surface area contributed by atoms with Crippen LogP contribution < -0.4 is 5.32 Å². The first-order valence-electron chi connectivity index (χ1n) is 7.38. The van der Waals surface area contributed by atoms with Crippen molar-refractivity contribution in [3.63, 3.8) is 0 Å². The summed E-state index contributed by atoms with van der Waals surface area (Å²) >= 11 is 0. The lowest BCUT2D eigenvalue weighted by Gasteiger charge is -2.16. The first-order chi connectivity index (χ1) is 8.88. The molecule has 0 saturated heterocycles. The van der Waals surface area contributed by atoms with E-state index in [0.717, 1.165) is 25.2 Å². The van der Waals surface area contributed by atoms with Crippen LogP contribution in [0.3, 0.4) is 0 Å². The van der Waals surface area contributed by atoms with Crippen LogP contribution in [0.2, 0.25) is 0 Å². The van der Waals surface area contributed by atoms with Crippen molar-refractivity contribution in [3.05, 3.63) is 24.3 Å². The number of aromatic nitrogens is 2. The number of hydrogen-bond acceptors (Lipinski definition) is 3. The van der Waals surface area contributed by atoms with Gasteiger partial charge in [0.15, 0.2) is 0 Å². The number of rotatable bonds is 10. The van der Waals surface area contributed by atoms with Gasteiger partial charge in [0.25, 0.3) is 0 Å². The molecular weight excluding hydrogens is 222 g/mol. The Hall–Kier alpha value is -0.960. The molecule has 0 amide bonds. The first-order valence-corrected chi connectivity index (χ1v) is 7.38. The van der Waals surface area contributed by atoms with Crippen molar-refractivity contribution in [1.82, 2.24) is 15.3 Å². The summed E-state index contributed by atoms with van der Waals surface area (Å²) in [6.07, 6.45) is 12.6. The predicted octanol–water partition coefficient (Wildman–Crippen LogP) is 3.88. The summed E-state index contributed by atoms with van der Waals surface area (Å²) in [7, 11) is 0. The monoisotopic (exact) mass is 249 g/mol. The molecule has 0 radical (unpaired) electrons. The molecule has 1 N–H and O–H groups in total. The number of nitrogens with one attached hydrogen (secondary N) is 1. The molecule has 0 bridgehead atoms. The van der Waals surface area contributed by atoms with Gasteiger partial charge in [0.1, 0.15) is 5.82 Å². The van der Waals surface area contributed by atoms with Crippen LogP contribution in [-0.2, 0) is 0 Å². The molecular formula is C15H27N3. The van der Waals surface area contributed by atoms with E-state index < -0.39 is 0 Å². The molecule has 0 aliphatic carbocycles. The van der Waals surface area contributed by atoms with Crippen LogP contribution in [0.1, 0.15) is 70.7 Å². The highest BCUT2D eigenvalue weighted by Crippen LogP contribution is 2.16. The second-order valence-corrected chi connectivity index (χ2v) is 4.82. The maximum atomic E-state index is 4.37. The van der Waals surface area contributed by atoms with Crippen LogP contribution in [-0.4, -0.2) is 16.5 Å². The summed E-state index contributed by atoms with van der Waals surface area (Å²) in [5.41, 5.74) is 0. The van der Waals surface area contributed by atoms with Crippen LogP contribution in [0.5, 0.6) is 0 Å². The number of unbranched alkanes of at least 4 members (excludes halogenated alkanes) is 4. The molecule has 0 saturated carbocycles. The Morgan fingerprint density at radius 3 is 2.39 bits per heavy atom. The lowest BCUT2D eigenvalue weighted by molar-refractivity contribution is 0.450. The predicted molar refractivity (Wildman–Crippen MR) is 76.4 cm³/mol. The Balaban J connectivity index is 2.36. The third-order valence-electron chi connectivity index (χ3n) is 3.13. The second kappa shape index (κ2) is 10.0. The zero-order chi connectivity index (χ0) is 13.1. The molecule has 0 aliphatic rings. The van der Waals surface area contributed by atoms with Crippen molar-refractivity contribution >= 4 is 0 Å². The van der Waals surface area contributed by atoms with Gasteiger partial charge in [0.05, 0.1) is 6.04 Å². The summed E-state index contributed by atoms with van der Waals surface area (Å²) in [6, 6.07) is 2.20. The van der Waals surface area contributed by atoms with E-state index >= 15 is 0 Å². The Labute approximate surface area is 111 Å². The molecule has 0 aliphatic heterocycles. The number of hydrogen-bond donors (Lipinski definition) is 1. The van der Waals surface area contributed by atoms with E-state index in [9.17, 15) is 0 Å². The molecule has 1 heterocycles. The van der Waals surface area contributed by atoms with Gasteiger partial charge in [-0.2, -0.15) is 0 Å². The van der Waals surface area contributed by atoms with Crippen LogP contribution in [0.15, 0.2) is 18.5 Å². The number of nitrogens with zero attached hydrogens (tertiary/aromatic N) is 2. The lowest BCUT2D eigenvalue weighted by Crippen LogP contribution is -2.24. The van der Waals surface area contributed by atoms with Gasteiger partial charge in [0, 0.05) is 12.4 Å². The van der Waals surface area contributed by atoms with E-state index in [-0.39, 0.29) is 0 Å². The van der Waals surface area contributed by atoms with E-state index in [4.69, 9.17) is 0 Å². The van der Waals surface area contributed by atoms with Crippen LogP contribution in [0, 0.1) is 0 Å². The Bertz CT molecular complexity index is 287. The summed E-state index contributed by atoms with van der Waals surface area (Å²) in [6.45, 7) is 5.48. The van der Waals surface area contributed by atoms with Crippen LogP contribution >= 0.6 is 0 Å². The molecule has 0 aromatic carbocycles. The SMILES string of the molecule is CCCCCCCC(NCCC)c1ncccn1. The maximum Gasteiger partial charge on any atom is 0.145 e. The van der Waals surface area contributed by atoms with E-state index in [1.807, 2.05) is 18.5 Å². The van der Waals surface area contributed by atoms with Crippen molar-refractivity contribution in [2.75, 3.05) is 6.54 Å². The molecule has 1 atom stereocenters. The fourth-order valence-electron chi connectivity index (χ4n) is 2.08. The van der Waals surface area contributed by atoms with Crippen molar-refractivity contribution in [2.24, 2.45) is 0 Å². The Kier molecular flexibility index (Phi) is 8.40. The van der Waals surface area contributed by atoms with Gasteiger partial charge < -0.3 is 5.32 Å². The Morgan fingerprint density at radius 2 is 1.72 bits per heavy atom. The average molecular weight is 249 g/mol. The van der Waals surface area contributed by atoms with Gasteiger partial charge in [-0.05, 0) is 25.5 Å².